The van der Waals surface area contributed by atoms with Crippen molar-refractivity contribution in [1.29, 1.82) is 0 Å². The van der Waals surface area contributed by atoms with Crippen LogP contribution in [0.25, 0.3) is 0 Å². The molecule has 0 aliphatic heterocycles. The monoisotopic (exact) mass is 284 g/mol. The van der Waals surface area contributed by atoms with Gasteiger partial charge in [-0.3, -0.25) is 5.78 Å². The summed E-state index contributed by atoms with van der Waals surface area (Å²) in [6, 6.07) is 13.0. The van der Waals surface area contributed by atoms with Crippen LogP contribution >= 0.6 is 0 Å². The fourth-order valence-corrected chi connectivity index (χ4v) is 1.39. The molecule has 102 valence electrons. The van der Waals surface area contributed by atoms with Crippen molar-refractivity contribution in [3.05, 3.63) is 59.2 Å². The van der Waals surface area contributed by atoms with Crippen LogP contribution in [0, 0.1) is 6.92 Å². The normalized spacial score (nSPS) is 8.83. The molecule has 18 heavy (non-hydrogen) atoms. The summed E-state index contributed by atoms with van der Waals surface area (Å²) in [5.41, 5.74) is 2.76. The molecule has 0 aromatic heterocycles. The summed E-state index contributed by atoms with van der Waals surface area (Å²) >= 11 is 0. The minimum atomic E-state index is 0. The van der Waals surface area contributed by atoms with E-state index in [0.29, 0.717) is 0 Å². The van der Waals surface area contributed by atoms with Crippen LogP contribution in [0.1, 0.15) is 40.1 Å². The summed E-state index contributed by atoms with van der Waals surface area (Å²) in [6.45, 7) is 5.12. The van der Waals surface area contributed by atoms with Crippen molar-refractivity contribution in [1.82, 2.24) is 0 Å². The summed E-state index contributed by atoms with van der Waals surface area (Å²) in [7, 11) is 0. The summed E-state index contributed by atoms with van der Waals surface area (Å²) in [4.78, 5) is 21.2. The molecule has 0 unspecified atom stereocenters. The first-order valence-corrected chi connectivity index (χ1v) is 5.47. The predicted octanol–water partition coefficient (Wildman–Crippen LogP) is 3.52. The number of carbonyl (C=O) groups excluding carboxylic acids is 2. The molecule has 0 N–H and O–H groups in total. The minimum absolute atomic E-state index is 0. The maximum atomic E-state index is 10.7. The molecule has 0 bridgehead atoms. The molecule has 0 aliphatic carbocycles. The van der Waals surface area contributed by atoms with E-state index in [1.807, 2.05) is 49.4 Å². The van der Waals surface area contributed by atoms with Crippen molar-refractivity contribution in [3.8, 4) is 0 Å². The first-order chi connectivity index (χ1) is 8.00. The summed E-state index contributed by atoms with van der Waals surface area (Å²) in [5, 5.41) is 0. The third kappa shape index (κ3) is 5.26. The van der Waals surface area contributed by atoms with Gasteiger partial charge in [0.05, 0.1) is 0 Å². The summed E-state index contributed by atoms with van der Waals surface area (Å²) in [5.74, 6) is 0.276. The van der Waals surface area contributed by atoms with Gasteiger partial charge in [-0.25, -0.2) is 12.1 Å². The van der Waals surface area contributed by atoms with Crippen LogP contribution in [0.4, 0.5) is 0 Å². The van der Waals surface area contributed by atoms with E-state index in [0.717, 1.165) is 16.7 Å². The number of Topliss-reactive ketones (excluding diaryl/α,β-unsaturated/α-hetero) is 2. The van der Waals surface area contributed by atoms with E-state index in [1.54, 1.807) is 13.8 Å². The molecule has 2 aromatic rings. The molecule has 3 heteroatoms. The van der Waals surface area contributed by atoms with Gasteiger partial charge in [0.25, 0.3) is 0 Å². The van der Waals surface area contributed by atoms with E-state index in [-0.39, 0.29) is 28.6 Å². The maximum Gasteiger partial charge on any atom is 0.105 e. The Morgan fingerprint density at radius 2 is 1.56 bits per heavy atom. The Morgan fingerprint density at radius 3 is 1.78 bits per heavy atom. The number of hydrogen-bond donors (Lipinski definition) is 0. The van der Waals surface area contributed by atoms with Gasteiger partial charge in [0, 0.05) is 17.1 Å². The Kier molecular flexibility index (Phi) is 7.18. The number of rotatable bonds is 2. The van der Waals surface area contributed by atoms with E-state index in [2.05, 4.69) is 0 Å². The topological polar surface area (TPSA) is 34.1 Å². The first kappa shape index (κ1) is 16.6. The van der Waals surface area contributed by atoms with E-state index in [1.165, 1.54) is 0 Å². The average Bonchev–Trinajstić information content (AvgIpc) is 2.87. The predicted molar refractivity (Wildman–Crippen MR) is 68.8 cm³/mol. The fraction of sp³-hybridized carbons (Fsp3) is 0.200. The Bertz CT molecular complexity index is 492. The van der Waals surface area contributed by atoms with Crippen molar-refractivity contribution in [2.24, 2.45) is 0 Å². The van der Waals surface area contributed by atoms with Crippen molar-refractivity contribution in [2.45, 2.75) is 20.8 Å². The van der Waals surface area contributed by atoms with Gasteiger partial charge in [-0.05, 0) is 6.92 Å². The van der Waals surface area contributed by atoms with Gasteiger partial charge >= 0.3 is 0 Å². The molecular weight excluding hydrogens is 268 g/mol. The number of ketones is 2. The van der Waals surface area contributed by atoms with Gasteiger partial charge in [-0.2, -0.15) is 19.1 Å². The van der Waals surface area contributed by atoms with Crippen LogP contribution in [0.3, 0.4) is 0 Å². The van der Waals surface area contributed by atoms with Gasteiger partial charge in [-0.15, -0.1) is 6.92 Å². The largest absolute Gasteiger partial charge is 0.718 e. The molecule has 0 saturated carbocycles. The molecule has 0 spiro atoms. The van der Waals surface area contributed by atoms with Crippen LogP contribution in [-0.2, 0) is 17.1 Å². The quantitative estimate of drug-likeness (QED) is 0.480. The molecular formula is C15H16FeO2-6. The van der Waals surface area contributed by atoms with Crippen LogP contribution < -0.4 is 0 Å². The second-order valence-corrected chi connectivity index (χ2v) is 3.96. The molecule has 0 amide bonds. The van der Waals surface area contributed by atoms with Crippen molar-refractivity contribution >= 4 is 11.6 Å². The number of aryl methyl sites for hydroxylation is 1. The molecule has 0 aliphatic rings. The maximum absolute atomic E-state index is 10.7. The second-order valence-electron chi connectivity index (χ2n) is 3.96. The molecule has 2 nitrogen and oxygen atoms in total. The minimum Gasteiger partial charge on any atom is -0.718 e. The Labute approximate surface area is 118 Å². The second kappa shape index (κ2) is 7.80. The van der Waals surface area contributed by atoms with Crippen molar-refractivity contribution < 1.29 is 26.7 Å². The number of carbonyl (C=O) groups is 2. The van der Waals surface area contributed by atoms with E-state index in [9.17, 15) is 9.59 Å². The Morgan fingerprint density at radius 1 is 1.00 bits per heavy atom. The van der Waals surface area contributed by atoms with Crippen LogP contribution in [-0.4, -0.2) is 11.6 Å². The SMILES string of the molecule is CC(=O)[c-]1[cH-][cH-][c-](C)[cH-]1.CC(=O)[c-]1cccc1.[Fe]. The number of hydrogen-bond acceptors (Lipinski definition) is 2. The summed E-state index contributed by atoms with van der Waals surface area (Å²) < 4.78 is 0. The molecule has 2 aromatic carbocycles. The standard InChI is InChI=1S/C8H9O.C7H7O.Fe/c1-6-3-4-8(5-6)7(2)9;1-6(8)7-4-2-3-5-7;/h3-5H,1-2H3;2-5H,1H3;/q-5;-1;. The molecule has 0 heterocycles. The molecule has 0 radical (unpaired) electrons. The molecule has 0 fully saturated rings. The zero-order chi connectivity index (χ0) is 12.8. The van der Waals surface area contributed by atoms with Gasteiger partial charge in [0.1, 0.15) is 5.78 Å². The van der Waals surface area contributed by atoms with Crippen molar-refractivity contribution in [2.75, 3.05) is 0 Å². The smallest absolute Gasteiger partial charge is 0.105 e. The van der Waals surface area contributed by atoms with E-state index in [4.69, 9.17) is 0 Å². The average molecular weight is 284 g/mol. The van der Waals surface area contributed by atoms with Gasteiger partial charge in [0.15, 0.2) is 0 Å². The van der Waals surface area contributed by atoms with Gasteiger partial charge in [0.2, 0.25) is 0 Å². The fourth-order valence-electron chi connectivity index (χ4n) is 1.39. The van der Waals surface area contributed by atoms with Crippen LogP contribution in [0.15, 0.2) is 42.5 Å². The Balaban J connectivity index is 0.000000306. The Hall–Kier alpha value is -1.44. The molecule has 0 atom stereocenters. The van der Waals surface area contributed by atoms with E-state index >= 15 is 0 Å². The molecule has 2 rings (SSSR count). The first-order valence-electron chi connectivity index (χ1n) is 5.47. The van der Waals surface area contributed by atoms with Crippen LogP contribution in [0.2, 0.25) is 0 Å². The zero-order valence-corrected chi connectivity index (χ0v) is 11.8. The zero-order valence-electron chi connectivity index (χ0n) is 10.7. The van der Waals surface area contributed by atoms with E-state index < -0.39 is 0 Å². The molecule has 0 saturated heterocycles. The van der Waals surface area contributed by atoms with Gasteiger partial charge in [-0.1, -0.05) is 5.56 Å². The summed E-state index contributed by atoms with van der Waals surface area (Å²) in [6.07, 6.45) is 0. The van der Waals surface area contributed by atoms with Gasteiger partial charge < -0.3 is 38.9 Å². The van der Waals surface area contributed by atoms with Crippen LogP contribution in [0.5, 0.6) is 0 Å². The van der Waals surface area contributed by atoms with Crippen molar-refractivity contribution in [3.63, 3.8) is 0 Å². The third-order valence-electron chi connectivity index (χ3n) is 2.38. The third-order valence-corrected chi connectivity index (χ3v) is 2.38.